The summed E-state index contributed by atoms with van der Waals surface area (Å²) in [5.41, 5.74) is 6.02. The van der Waals surface area contributed by atoms with Crippen molar-refractivity contribution in [1.29, 1.82) is 0 Å². The molecule has 134 valence electrons. The zero-order chi connectivity index (χ0) is 18.8. The zero-order valence-electron chi connectivity index (χ0n) is 15.0. The van der Waals surface area contributed by atoms with Crippen LogP contribution in [0.1, 0.15) is 27.4 Å². The van der Waals surface area contributed by atoms with E-state index in [0.29, 0.717) is 11.3 Å². The van der Waals surface area contributed by atoms with Gasteiger partial charge in [-0.15, -0.1) is 0 Å². The van der Waals surface area contributed by atoms with E-state index in [4.69, 9.17) is 4.74 Å². The topological polar surface area (TPSA) is 46.6 Å². The summed E-state index contributed by atoms with van der Waals surface area (Å²) in [7, 11) is 1.66. The molecule has 0 bridgehead atoms. The van der Waals surface area contributed by atoms with Gasteiger partial charge in [0.05, 0.1) is 0 Å². The number of carbonyl (C=O) groups is 2. The number of carbonyl (C=O) groups excluding carboxylic acids is 2. The first-order chi connectivity index (χ1) is 13.2. The number of fused-ring (bicyclic) bond motifs is 3. The highest BCUT2D eigenvalue weighted by Crippen LogP contribution is 2.44. The van der Waals surface area contributed by atoms with Crippen molar-refractivity contribution in [3.63, 3.8) is 0 Å². The summed E-state index contributed by atoms with van der Waals surface area (Å²) in [6, 6.07) is 23.3. The number of hydrogen-bond acceptors (Lipinski definition) is 3. The molecule has 0 unspecified atom stereocenters. The lowest BCUT2D eigenvalue weighted by Crippen LogP contribution is -2.28. The Morgan fingerprint density at radius 2 is 1.48 bits per heavy atom. The Kier molecular flexibility index (Phi) is 4.47. The van der Waals surface area contributed by atoms with Gasteiger partial charge in [0.1, 0.15) is 12.9 Å². The molecule has 0 saturated carbocycles. The van der Waals surface area contributed by atoms with Crippen LogP contribution in [0.25, 0.3) is 11.1 Å². The van der Waals surface area contributed by atoms with Gasteiger partial charge in [0.2, 0.25) is 0 Å². The minimum atomic E-state index is -0.421. The number of benzene rings is 3. The lowest BCUT2D eigenvalue weighted by atomic mass is 9.98. The van der Waals surface area contributed by atoms with E-state index in [1.807, 2.05) is 24.3 Å². The molecule has 0 N–H and O–H groups in total. The summed E-state index contributed by atoms with van der Waals surface area (Å²) in [5.74, 6) is 0.0344. The largest absolute Gasteiger partial charge is 0.448 e. The van der Waals surface area contributed by atoms with Gasteiger partial charge in [0.15, 0.2) is 0 Å². The maximum atomic E-state index is 12.5. The van der Waals surface area contributed by atoms with Gasteiger partial charge in [-0.05, 0) is 46.5 Å². The average molecular weight is 357 g/mol. The van der Waals surface area contributed by atoms with Gasteiger partial charge in [-0.1, -0.05) is 48.5 Å². The van der Waals surface area contributed by atoms with Crippen molar-refractivity contribution in [2.45, 2.75) is 5.92 Å². The summed E-state index contributed by atoms with van der Waals surface area (Å²) in [6.07, 6.45) is 0.354. The summed E-state index contributed by atoms with van der Waals surface area (Å²) in [5, 5.41) is 0. The molecule has 0 saturated heterocycles. The Balaban J connectivity index is 1.51. The number of hydrogen-bond donors (Lipinski definition) is 0. The van der Waals surface area contributed by atoms with Crippen LogP contribution in [0.2, 0.25) is 0 Å². The van der Waals surface area contributed by atoms with Crippen molar-refractivity contribution in [2.24, 2.45) is 0 Å². The maximum absolute atomic E-state index is 12.5. The first kappa shape index (κ1) is 17.0. The Labute approximate surface area is 158 Å². The summed E-state index contributed by atoms with van der Waals surface area (Å²) >= 11 is 0. The first-order valence-corrected chi connectivity index (χ1v) is 8.83. The fourth-order valence-corrected chi connectivity index (χ4v) is 3.57. The minimum Gasteiger partial charge on any atom is -0.448 e. The highest BCUT2D eigenvalue weighted by molar-refractivity contribution is 5.88. The molecule has 3 aromatic carbocycles. The van der Waals surface area contributed by atoms with Crippen LogP contribution in [0.15, 0.2) is 72.8 Å². The molecule has 0 radical (unpaired) electrons. The molecule has 3 aromatic rings. The van der Waals surface area contributed by atoms with Gasteiger partial charge >= 0.3 is 6.09 Å². The molecule has 0 heterocycles. The molecular weight excluding hydrogens is 338 g/mol. The smallest absolute Gasteiger partial charge is 0.414 e. The Morgan fingerprint density at radius 1 is 0.926 bits per heavy atom. The Morgan fingerprint density at radius 3 is 2.04 bits per heavy atom. The predicted octanol–water partition coefficient (Wildman–Crippen LogP) is 4.88. The average Bonchev–Trinajstić information content (AvgIpc) is 3.05. The highest BCUT2D eigenvalue weighted by atomic mass is 16.6. The molecule has 0 aromatic heterocycles. The van der Waals surface area contributed by atoms with Crippen molar-refractivity contribution < 1.29 is 14.3 Å². The van der Waals surface area contributed by atoms with E-state index >= 15 is 0 Å². The summed E-state index contributed by atoms with van der Waals surface area (Å²) < 4.78 is 5.63. The second-order valence-electron chi connectivity index (χ2n) is 6.57. The van der Waals surface area contributed by atoms with Gasteiger partial charge in [-0.3, -0.25) is 9.69 Å². The number of aldehydes is 1. The Bertz CT molecular complexity index is 949. The number of anilines is 1. The zero-order valence-corrected chi connectivity index (χ0v) is 15.0. The van der Waals surface area contributed by atoms with Gasteiger partial charge in [0.25, 0.3) is 0 Å². The molecule has 0 fully saturated rings. The fraction of sp³-hybridized carbons (Fsp3) is 0.130. The van der Waals surface area contributed by atoms with Crippen LogP contribution in [-0.2, 0) is 4.74 Å². The van der Waals surface area contributed by atoms with Gasteiger partial charge in [-0.25, -0.2) is 4.79 Å². The number of nitrogens with zero attached hydrogens (tertiary/aromatic N) is 1. The van der Waals surface area contributed by atoms with E-state index < -0.39 is 6.09 Å². The summed E-state index contributed by atoms with van der Waals surface area (Å²) in [6.45, 7) is 0.281. The monoisotopic (exact) mass is 357 g/mol. The number of amides is 1. The van der Waals surface area contributed by atoms with Crippen LogP contribution < -0.4 is 4.90 Å². The molecule has 0 spiro atoms. The standard InChI is InChI=1S/C23H19NO3/c1-24(17-12-10-16(14-25)11-13-17)23(26)27-15-22-20-8-4-2-6-18(20)19-7-3-5-9-21(19)22/h2-14,22H,15H2,1H3. The van der Waals surface area contributed by atoms with E-state index in [0.717, 1.165) is 6.29 Å². The summed E-state index contributed by atoms with van der Waals surface area (Å²) in [4.78, 5) is 24.7. The molecule has 0 aliphatic heterocycles. The maximum Gasteiger partial charge on any atom is 0.414 e. The number of rotatable bonds is 4. The molecule has 1 amide bonds. The fourth-order valence-electron chi connectivity index (χ4n) is 3.57. The van der Waals surface area contributed by atoms with E-state index in [2.05, 4.69) is 24.3 Å². The third-order valence-electron chi connectivity index (χ3n) is 5.03. The van der Waals surface area contributed by atoms with Crippen molar-refractivity contribution in [1.82, 2.24) is 0 Å². The van der Waals surface area contributed by atoms with Crippen molar-refractivity contribution >= 4 is 18.1 Å². The van der Waals surface area contributed by atoms with E-state index in [-0.39, 0.29) is 12.5 Å². The molecule has 0 atom stereocenters. The van der Waals surface area contributed by atoms with Crippen molar-refractivity contribution in [3.8, 4) is 11.1 Å². The van der Waals surface area contributed by atoms with E-state index in [1.165, 1.54) is 27.2 Å². The van der Waals surface area contributed by atoms with Crippen molar-refractivity contribution in [3.05, 3.63) is 89.5 Å². The van der Waals surface area contributed by atoms with Crippen LogP contribution in [0.5, 0.6) is 0 Å². The Hall–Kier alpha value is -3.40. The molecular formula is C23H19NO3. The lowest BCUT2D eigenvalue weighted by molar-refractivity contribution is 0.112. The molecule has 1 aliphatic carbocycles. The molecule has 4 heteroatoms. The quantitative estimate of drug-likeness (QED) is 0.625. The minimum absolute atomic E-state index is 0.0344. The predicted molar refractivity (Wildman–Crippen MR) is 105 cm³/mol. The second-order valence-corrected chi connectivity index (χ2v) is 6.57. The van der Waals surface area contributed by atoms with Crippen molar-refractivity contribution in [2.75, 3.05) is 18.6 Å². The van der Waals surface area contributed by atoms with Crippen LogP contribution in [-0.4, -0.2) is 26.0 Å². The molecule has 27 heavy (non-hydrogen) atoms. The SMILES string of the molecule is CN(C(=O)OCC1c2ccccc2-c2ccccc21)c1ccc(C=O)cc1. The molecule has 1 aliphatic rings. The first-order valence-electron chi connectivity index (χ1n) is 8.83. The number of ether oxygens (including phenoxy) is 1. The van der Waals surface area contributed by atoms with Gasteiger partial charge in [-0.2, -0.15) is 0 Å². The van der Waals surface area contributed by atoms with Crippen LogP contribution in [0.4, 0.5) is 10.5 Å². The van der Waals surface area contributed by atoms with Gasteiger partial charge < -0.3 is 4.74 Å². The third-order valence-corrected chi connectivity index (χ3v) is 5.03. The second kappa shape index (κ2) is 7.08. The third kappa shape index (κ3) is 3.10. The highest BCUT2D eigenvalue weighted by Gasteiger charge is 2.29. The van der Waals surface area contributed by atoms with E-state index in [1.54, 1.807) is 31.3 Å². The van der Waals surface area contributed by atoms with E-state index in [9.17, 15) is 9.59 Å². The molecule has 4 rings (SSSR count). The normalized spacial score (nSPS) is 12.2. The van der Waals surface area contributed by atoms with Crippen LogP contribution in [0, 0.1) is 0 Å². The molecule has 4 nitrogen and oxygen atoms in total. The van der Waals surface area contributed by atoms with Gasteiger partial charge in [0, 0.05) is 24.2 Å². The van der Waals surface area contributed by atoms with Crippen LogP contribution in [0.3, 0.4) is 0 Å². The van der Waals surface area contributed by atoms with Crippen LogP contribution >= 0.6 is 0 Å². The lowest BCUT2D eigenvalue weighted by Gasteiger charge is -2.20.